The van der Waals surface area contributed by atoms with Crippen molar-refractivity contribution in [3.05, 3.63) is 30.1 Å². The monoisotopic (exact) mass is 358 g/mol. The van der Waals surface area contributed by atoms with Crippen LogP contribution in [0.5, 0.6) is 0 Å². The Bertz CT molecular complexity index is 689. The van der Waals surface area contributed by atoms with Gasteiger partial charge in [0.05, 0.1) is 12.1 Å². The number of β-amino-alcohol motifs (C(OH)–C–C–N with tert-alkyl or cyclic N) is 1. The third-order valence-electron chi connectivity index (χ3n) is 5.86. The van der Waals surface area contributed by atoms with Crippen LogP contribution in [-0.2, 0) is 16.1 Å². The molecule has 1 aromatic heterocycles. The molecule has 2 amide bonds. The van der Waals surface area contributed by atoms with Gasteiger partial charge in [-0.2, -0.15) is 0 Å². The number of piperazine rings is 1. The Hall–Kier alpha value is -1.83. The maximum Gasteiger partial charge on any atom is 0.252 e. The Morgan fingerprint density at radius 3 is 2.85 bits per heavy atom. The van der Waals surface area contributed by atoms with E-state index in [0.717, 1.165) is 24.9 Å². The van der Waals surface area contributed by atoms with Gasteiger partial charge < -0.3 is 5.11 Å². The number of hydrogen-bond acceptors (Lipinski definition) is 6. The van der Waals surface area contributed by atoms with E-state index in [1.165, 1.54) is 4.90 Å². The molecular formula is C19H26N4O3. The molecule has 3 aliphatic heterocycles. The van der Waals surface area contributed by atoms with E-state index < -0.39 is 11.6 Å². The molecule has 3 saturated heterocycles. The number of carbonyl (C=O) groups is 2. The molecule has 4 heterocycles. The number of hydrogen-bond donors (Lipinski definition) is 1. The number of carbonyl (C=O) groups excluding carboxylic acids is 2. The summed E-state index contributed by atoms with van der Waals surface area (Å²) in [4.78, 5) is 35.8. The zero-order valence-corrected chi connectivity index (χ0v) is 15.2. The molecule has 1 aromatic rings. The van der Waals surface area contributed by atoms with E-state index in [-0.39, 0.29) is 17.9 Å². The molecule has 140 valence electrons. The lowest BCUT2D eigenvalue weighted by Gasteiger charge is -2.58. The highest BCUT2D eigenvalue weighted by atomic mass is 16.3. The van der Waals surface area contributed by atoms with Crippen molar-refractivity contribution >= 4 is 11.8 Å². The number of likely N-dealkylation sites (tertiary alicyclic amines) is 1. The van der Waals surface area contributed by atoms with E-state index in [9.17, 15) is 14.7 Å². The summed E-state index contributed by atoms with van der Waals surface area (Å²) in [6.45, 7) is 4.88. The summed E-state index contributed by atoms with van der Waals surface area (Å²) in [5.41, 5.74) is 0.453. The lowest BCUT2D eigenvalue weighted by molar-refractivity contribution is -0.180. The largest absolute Gasteiger partial charge is 0.392 e. The summed E-state index contributed by atoms with van der Waals surface area (Å²) in [6, 6.07) is 3.58. The number of pyridine rings is 1. The number of unbranched alkanes of at least 4 members (excludes halogenated alkanes) is 1. The van der Waals surface area contributed by atoms with Crippen molar-refractivity contribution in [1.82, 2.24) is 19.7 Å². The molecule has 1 N–H and O–H groups in total. The van der Waals surface area contributed by atoms with Gasteiger partial charge in [0.15, 0.2) is 0 Å². The van der Waals surface area contributed by atoms with Gasteiger partial charge in [-0.15, -0.1) is 0 Å². The molecule has 2 unspecified atom stereocenters. The summed E-state index contributed by atoms with van der Waals surface area (Å²) in [6.07, 6.45) is 5.24. The van der Waals surface area contributed by atoms with Crippen molar-refractivity contribution in [2.45, 2.75) is 50.4 Å². The predicted molar refractivity (Wildman–Crippen MR) is 95.0 cm³/mol. The van der Waals surface area contributed by atoms with Crippen LogP contribution in [0.3, 0.4) is 0 Å². The lowest BCUT2D eigenvalue weighted by Crippen LogP contribution is -2.81. The van der Waals surface area contributed by atoms with Gasteiger partial charge in [0, 0.05) is 45.1 Å². The topological polar surface area (TPSA) is 77.0 Å². The molecule has 0 aromatic carbocycles. The summed E-state index contributed by atoms with van der Waals surface area (Å²) in [5.74, 6) is -0.208. The van der Waals surface area contributed by atoms with E-state index in [2.05, 4.69) is 16.8 Å². The minimum absolute atomic E-state index is 0.0799. The summed E-state index contributed by atoms with van der Waals surface area (Å²) in [5, 5.41) is 10.1. The van der Waals surface area contributed by atoms with Crippen molar-refractivity contribution in [1.29, 1.82) is 0 Å². The van der Waals surface area contributed by atoms with Gasteiger partial charge in [0.1, 0.15) is 5.54 Å². The molecule has 1 spiro atoms. The first-order chi connectivity index (χ1) is 12.5. The number of rotatable bonds is 5. The second-order valence-electron chi connectivity index (χ2n) is 7.74. The molecule has 0 aliphatic carbocycles. The first-order valence-corrected chi connectivity index (χ1v) is 9.47. The Morgan fingerprint density at radius 2 is 2.15 bits per heavy atom. The molecule has 3 aliphatic rings. The van der Waals surface area contributed by atoms with Crippen LogP contribution in [0.1, 0.15) is 31.7 Å². The molecule has 7 heteroatoms. The zero-order valence-electron chi connectivity index (χ0n) is 15.2. The smallest absolute Gasteiger partial charge is 0.252 e. The third kappa shape index (κ3) is 2.74. The van der Waals surface area contributed by atoms with Crippen LogP contribution in [0.25, 0.3) is 0 Å². The molecular weight excluding hydrogens is 332 g/mol. The molecule has 2 atom stereocenters. The fourth-order valence-corrected chi connectivity index (χ4v) is 4.58. The first-order valence-electron chi connectivity index (χ1n) is 9.47. The van der Waals surface area contributed by atoms with Crippen molar-refractivity contribution in [2.24, 2.45) is 0 Å². The average Bonchev–Trinajstić information content (AvgIpc) is 3.00. The van der Waals surface area contributed by atoms with Crippen molar-refractivity contribution in [2.75, 3.05) is 26.2 Å². The second kappa shape index (κ2) is 6.72. The molecule has 26 heavy (non-hydrogen) atoms. The van der Waals surface area contributed by atoms with E-state index in [1.807, 2.05) is 23.2 Å². The minimum Gasteiger partial charge on any atom is -0.392 e. The number of aromatic nitrogens is 1. The first kappa shape index (κ1) is 17.6. The van der Waals surface area contributed by atoms with Crippen molar-refractivity contribution in [3.8, 4) is 0 Å². The van der Waals surface area contributed by atoms with E-state index >= 15 is 0 Å². The fraction of sp³-hybridized carbons (Fsp3) is 0.632. The number of aliphatic hydroxyl groups excluding tert-OH is 1. The normalized spacial score (nSPS) is 28.5. The van der Waals surface area contributed by atoms with E-state index in [0.29, 0.717) is 32.6 Å². The van der Waals surface area contributed by atoms with Gasteiger partial charge in [0.25, 0.3) is 5.91 Å². The summed E-state index contributed by atoms with van der Waals surface area (Å²) in [7, 11) is 0. The number of imide groups is 1. The van der Waals surface area contributed by atoms with Crippen LogP contribution >= 0.6 is 0 Å². The van der Waals surface area contributed by atoms with Crippen LogP contribution in [0.2, 0.25) is 0 Å². The van der Waals surface area contributed by atoms with Crippen LogP contribution in [-0.4, -0.2) is 80.5 Å². The van der Waals surface area contributed by atoms with Crippen LogP contribution < -0.4 is 0 Å². The fourth-order valence-electron chi connectivity index (χ4n) is 4.58. The van der Waals surface area contributed by atoms with Crippen LogP contribution in [0, 0.1) is 0 Å². The van der Waals surface area contributed by atoms with E-state index in [4.69, 9.17) is 0 Å². The Balaban J connectivity index is 1.54. The molecule has 0 saturated carbocycles. The number of amides is 2. The molecule has 0 bridgehead atoms. The predicted octanol–water partition coefficient (Wildman–Crippen LogP) is 0.240. The Morgan fingerprint density at radius 1 is 1.35 bits per heavy atom. The molecule has 4 rings (SSSR count). The van der Waals surface area contributed by atoms with Gasteiger partial charge in [-0.1, -0.05) is 19.4 Å². The molecule has 3 fully saturated rings. The SMILES string of the molecule is CCCCN1C(=O)C2CC(O)CN2C2(CN(Cc3cccnc3)C2)C1=O. The molecule has 0 radical (unpaired) electrons. The number of nitrogens with zero attached hydrogens (tertiary/aromatic N) is 4. The quantitative estimate of drug-likeness (QED) is 0.760. The van der Waals surface area contributed by atoms with Crippen LogP contribution in [0.15, 0.2) is 24.5 Å². The van der Waals surface area contributed by atoms with Gasteiger partial charge in [0.2, 0.25) is 5.91 Å². The number of fused-ring (bicyclic) bond motifs is 2. The lowest BCUT2D eigenvalue weighted by atomic mass is 9.82. The number of aliphatic hydroxyl groups is 1. The van der Waals surface area contributed by atoms with Crippen LogP contribution in [0.4, 0.5) is 0 Å². The van der Waals surface area contributed by atoms with Crippen molar-refractivity contribution in [3.63, 3.8) is 0 Å². The van der Waals surface area contributed by atoms with Crippen molar-refractivity contribution < 1.29 is 14.7 Å². The summed E-state index contributed by atoms with van der Waals surface area (Å²) < 4.78 is 0. The zero-order chi connectivity index (χ0) is 18.3. The standard InChI is InChI=1S/C19H26N4O3/c1-2-3-7-22-17(25)16-8-15(24)11-23(16)19(18(22)26)12-21(13-19)10-14-5-4-6-20-9-14/h4-6,9,15-16,24H,2-3,7-8,10-13H2,1H3. The maximum absolute atomic E-state index is 13.2. The molecule has 7 nitrogen and oxygen atoms in total. The van der Waals surface area contributed by atoms with Gasteiger partial charge in [-0.3, -0.25) is 29.3 Å². The van der Waals surface area contributed by atoms with Gasteiger partial charge in [-0.05, 0) is 24.5 Å². The Kier molecular flexibility index (Phi) is 4.54. The third-order valence-corrected chi connectivity index (χ3v) is 5.86. The average molecular weight is 358 g/mol. The Labute approximate surface area is 153 Å². The van der Waals surface area contributed by atoms with Gasteiger partial charge in [-0.25, -0.2) is 0 Å². The van der Waals surface area contributed by atoms with E-state index in [1.54, 1.807) is 6.20 Å². The second-order valence-corrected chi connectivity index (χ2v) is 7.74. The highest BCUT2D eigenvalue weighted by Gasteiger charge is 2.63. The maximum atomic E-state index is 13.2. The highest BCUT2D eigenvalue weighted by Crippen LogP contribution is 2.40. The van der Waals surface area contributed by atoms with Gasteiger partial charge >= 0.3 is 0 Å². The minimum atomic E-state index is -0.661. The summed E-state index contributed by atoms with van der Waals surface area (Å²) >= 11 is 0. The highest BCUT2D eigenvalue weighted by molar-refractivity contribution is 6.06.